The first kappa shape index (κ1) is 19.5. The predicted octanol–water partition coefficient (Wildman–Crippen LogP) is 3.36. The maximum absolute atomic E-state index is 12.3. The Morgan fingerprint density at radius 3 is 2.31 bits per heavy atom. The Bertz CT molecular complexity index is 761. The molecule has 0 aliphatic carbocycles. The van der Waals surface area contributed by atoms with E-state index in [0.29, 0.717) is 5.56 Å². The van der Waals surface area contributed by atoms with Crippen LogP contribution in [0.1, 0.15) is 22.3 Å². The van der Waals surface area contributed by atoms with Gasteiger partial charge in [-0.05, 0) is 24.0 Å². The maximum Gasteiger partial charge on any atom is 0.408 e. The van der Waals surface area contributed by atoms with Crippen LogP contribution in [0.4, 0.5) is 4.79 Å². The zero-order valence-electron chi connectivity index (χ0n) is 14.2. The van der Waals surface area contributed by atoms with Gasteiger partial charge in [-0.3, -0.25) is 4.79 Å². The molecule has 0 heterocycles. The topological polar surface area (TPSA) is 92.7 Å². The summed E-state index contributed by atoms with van der Waals surface area (Å²) in [7, 11) is 0. The molecule has 1 atom stereocenters. The second-order valence-corrected chi connectivity index (χ2v) is 6.33. The second-order valence-electron chi connectivity index (χ2n) is 5.45. The summed E-state index contributed by atoms with van der Waals surface area (Å²) in [4.78, 5) is 36.4. The van der Waals surface area contributed by atoms with Crippen LogP contribution in [0.15, 0.2) is 59.5 Å². The first-order chi connectivity index (χ1) is 12.5. The SMILES string of the molecule is CSc1ccc(C(=O)CC(NC(=O)OCc2ccccc2)C(=O)O)cc1. The minimum absolute atomic E-state index is 0.0170. The lowest BCUT2D eigenvalue weighted by atomic mass is 10.0. The highest BCUT2D eigenvalue weighted by Crippen LogP contribution is 2.16. The largest absolute Gasteiger partial charge is 0.480 e. The normalized spacial score (nSPS) is 11.4. The smallest absolute Gasteiger partial charge is 0.408 e. The van der Waals surface area contributed by atoms with Crippen LogP contribution in [0.3, 0.4) is 0 Å². The molecule has 0 saturated heterocycles. The van der Waals surface area contributed by atoms with Gasteiger partial charge in [0.05, 0.1) is 0 Å². The van der Waals surface area contributed by atoms with E-state index in [1.807, 2.05) is 12.3 Å². The molecule has 0 fully saturated rings. The lowest BCUT2D eigenvalue weighted by Crippen LogP contribution is -2.42. The number of carboxylic acids is 1. The Hall–Kier alpha value is -2.80. The summed E-state index contributed by atoms with van der Waals surface area (Å²) in [6, 6.07) is 14.5. The number of alkyl carbamates (subject to hydrolysis) is 1. The van der Waals surface area contributed by atoms with Crippen LogP contribution in [0.2, 0.25) is 0 Å². The van der Waals surface area contributed by atoms with E-state index >= 15 is 0 Å². The summed E-state index contributed by atoms with van der Waals surface area (Å²) in [5, 5.41) is 11.5. The van der Waals surface area contributed by atoms with Crippen molar-refractivity contribution < 1.29 is 24.2 Å². The fraction of sp³-hybridized carbons (Fsp3) is 0.211. The van der Waals surface area contributed by atoms with E-state index < -0.39 is 18.1 Å². The molecule has 2 aromatic rings. The number of carbonyl (C=O) groups is 3. The van der Waals surface area contributed by atoms with Gasteiger partial charge in [0.15, 0.2) is 5.78 Å². The van der Waals surface area contributed by atoms with Crippen molar-refractivity contribution >= 4 is 29.6 Å². The number of hydrogen-bond acceptors (Lipinski definition) is 5. The van der Waals surface area contributed by atoms with E-state index in [9.17, 15) is 19.5 Å². The standard InChI is InChI=1S/C19H19NO5S/c1-26-15-9-7-14(8-10-15)17(21)11-16(18(22)23)20-19(24)25-12-13-5-3-2-4-6-13/h2-10,16H,11-12H2,1H3,(H,20,24)(H,22,23). The summed E-state index contributed by atoms with van der Waals surface area (Å²) in [6.45, 7) is 0.0170. The number of nitrogens with one attached hydrogen (secondary N) is 1. The van der Waals surface area contributed by atoms with Crippen molar-refractivity contribution in [1.82, 2.24) is 5.32 Å². The minimum Gasteiger partial charge on any atom is -0.480 e. The van der Waals surface area contributed by atoms with Gasteiger partial charge in [-0.15, -0.1) is 11.8 Å². The second kappa shape index (κ2) is 9.62. The van der Waals surface area contributed by atoms with Gasteiger partial charge in [-0.2, -0.15) is 0 Å². The molecule has 2 rings (SSSR count). The lowest BCUT2D eigenvalue weighted by molar-refractivity contribution is -0.139. The van der Waals surface area contributed by atoms with Crippen molar-refractivity contribution in [2.75, 3.05) is 6.26 Å². The molecule has 1 unspecified atom stereocenters. The molecule has 2 aromatic carbocycles. The fourth-order valence-corrected chi connectivity index (χ4v) is 2.60. The number of hydrogen-bond donors (Lipinski definition) is 2. The molecule has 0 aliphatic rings. The Balaban J connectivity index is 1.91. The van der Waals surface area contributed by atoms with Crippen molar-refractivity contribution in [3.05, 3.63) is 65.7 Å². The number of thioether (sulfide) groups is 1. The molecule has 7 heteroatoms. The Kier molecular flexibility index (Phi) is 7.23. The van der Waals surface area contributed by atoms with Gasteiger partial charge in [-0.25, -0.2) is 9.59 Å². The van der Waals surface area contributed by atoms with Crippen LogP contribution < -0.4 is 5.32 Å². The predicted molar refractivity (Wildman–Crippen MR) is 98.4 cm³/mol. The third kappa shape index (κ3) is 5.93. The van der Waals surface area contributed by atoms with E-state index in [1.54, 1.807) is 60.3 Å². The average Bonchev–Trinajstić information content (AvgIpc) is 2.66. The number of rotatable bonds is 8. The number of amides is 1. The molecule has 136 valence electrons. The number of carbonyl (C=O) groups excluding carboxylic acids is 2. The Morgan fingerprint density at radius 2 is 1.73 bits per heavy atom. The summed E-state index contributed by atoms with van der Waals surface area (Å²) in [5.41, 5.74) is 1.17. The molecular weight excluding hydrogens is 354 g/mol. The molecule has 0 aromatic heterocycles. The number of ketones is 1. The van der Waals surface area contributed by atoms with Gasteiger partial charge in [0.1, 0.15) is 12.6 Å². The van der Waals surface area contributed by atoms with Crippen LogP contribution in [0, 0.1) is 0 Å². The summed E-state index contributed by atoms with van der Waals surface area (Å²) in [5.74, 6) is -1.66. The van der Waals surface area contributed by atoms with Crippen molar-refractivity contribution in [1.29, 1.82) is 0 Å². The van der Waals surface area contributed by atoms with Gasteiger partial charge in [0.25, 0.3) is 0 Å². The van der Waals surface area contributed by atoms with E-state index in [4.69, 9.17) is 4.74 Å². The number of Topliss-reactive ketones (excluding diaryl/α,β-unsaturated/α-hetero) is 1. The molecule has 6 nitrogen and oxygen atoms in total. The van der Waals surface area contributed by atoms with Crippen LogP contribution in [0.25, 0.3) is 0 Å². The lowest BCUT2D eigenvalue weighted by Gasteiger charge is -2.14. The van der Waals surface area contributed by atoms with Gasteiger partial charge in [0, 0.05) is 16.9 Å². The van der Waals surface area contributed by atoms with Gasteiger partial charge in [-0.1, -0.05) is 42.5 Å². The van der Waals surface area contributed by atoms with Crippen molar-refractivity contribution in [2.24, 2.45) is 0 Å². The molecule has 0 saturated carbocycles. The van der Waals surface area contributed by atoms with Gasteiger partial charge >= 0.3 is 12.1 Å². The Morgan fingerprint density at radius 1 is 1.08 bits per heavy atom. The average molecular weight is 373 g/mol. The minimum atomic E-state index is -1.36. The zero-order chi connectivity index (χ0) is 18.9. The first-order valence-corrected chi connectivity index (χ1v) is 9.09. The van der Waals surface area contributed by atoms with E-state index in [2.05, 4.69) is 5.32 Å². The highest BCUT2D eigenvalue weighted by Gasteiger charge is 2.24. The molecule has 0 bridgehead atoms. The summed E-state index contributed by atoms with van der Waals surface area (Å²) >= 11 is 1.54. The number of ether oxygens (including phenoxy) is 1. The van der Waals surface area contributed by atoms with Gasteiger partial charge < -0.3 is 15.2 Å². The number of benzene rings is 2. The third-order valence-electron chi connectivity index (χ3n) is 3.60. The molecule has 0 spiro atoms. The fourth-order valence-electron chi connectivity index (χ4n) is 2.19. The quantitative estimate of drug-likeness (QED) is 0.544. The Labute approximate surface area is 155 Å². The molecular formula is C19H19NO5S. The highest BCUT2D eigenvalue weighted by molar-refractivity contribution is 7.98. The van der Waals surface area contributed by atoms with E-state index in [-0.39, 0.29) is 18.8 Å². The van der Waals surface area contributed by atoms with Crippen LogP contribution >= 0.6 is 11.8 Å². The molecule has 0 radical (unpaired) electrons. The third-order valence-corrected chi connectivity index (χ3v) is 4.35. The van der Waals surface area contributed by atoms with Crippen LogP contribution in [-0.2, 0) is 16.1 Å². The number of carboxylic acid groups (broad SMARTS) is 1. The molecule has 0 aliphatic heterocycles. The van der Waals surface area contributed by atoms with Crippen LogP contribution in [-0.4, -0.2) is 35.2 Å². The summed E-state index contributed by atoms with van der Waals surface area (Å²) < 4.78 is 5.00. The van der Waals surface area contributed by atoms with Gasteiger partial charge in [0.2, 0.25) is 0 Å². The van der Waals surface area contributed by atoms with Crippen molar-refractivity contribution in [3.63, 3.8) is 0 Å². The van der Waals surface area contributed by atoms with Crippen molar-refractivity contribution in [3.8, 4) is 0 Å². The van der Waals surface area contributed by atoms with Crippen molar-refractivity contribution in [2.45, 2.75) is 24.0 Å². The first-order valence-electron chi connectivity index (χ1n) is 7.87. The number of aliphatic carboxylic acids is 1. The van der Waals surface area contributed by atoms with E-state index in [1.165, 1.54) is 0 Å². The zero-order valence-corrected chi connectivity index (χ0v) is 15.0. The molecule has 2 N–H and O–H groups in total. The maximum atomic E-state index is 12.3. The summed E-state index contributed by atoms with van der Waals surface area (Å²) in [6.07, 6.45) is 0.684. The molecule has 1 amide bonds. The monoisotopic (exact) mass is 373 g/mol. The van der Waals surface area contributed by atoms with Crippen LogP contribution in [0.5, 0.6) is 0 Å². The highest BCUT2D eigenvalue weighted by atomic mass is 32.2. The van der Waals surface area contributed by atoms with E-state index in [0.717, 1.165) is 10.5 Å². The molecule has 26 heavy (non-hydrogen) atoms.